The number of nitrogens with zero attached hydrogens (tertiary/aromatic N) is 2. The number of aromatic amines is 1. The number of thioether (sulfide) groups is 1. The summed E-state index contributed by atoms with van der Waals surface area (Å²) in [6.07, 6.45) is 4.34. The number of hydrogen-bond acceptors (Lipinski definition) is 3. The molecule has 0 radical (unpaired) electrons. The number of aliphatic imine (C=N–C) groups is 1. The van der Waals surface area contributed by atoms with Crippen LogP contribution in [-0.4, -0.2) is 34.3 Å². The van der Waals surface area contributed by atoms with Crippen LogP contribution in [0.2, 0.25) is 0 Å². The van der Waals surface area contributed by atoms with Gasteiger partial charge in [0.1, 0.15) is 5.82 Å². The lowest BCUT2D eigenvalue weighted by molar-refractivity contribution is 0.753. The number of hydrogen-bond donors (Lipinski definition) is 3. The first-order valence-corrected chi connectivity index (χ1v) is 10.4. The molecule has 0 unspecified atom stereocenters. The number of H-pyrrole nitrogens is 1. The molecule has 1 saturated carbocycles. The molecule has 28 heavy (non-hydrogen) atoms. The summed E-state index contributed by atoms with van der Waals surface area (Å²) in [5.74, 6) is 1.69. The first-order chi connectivity index (χ1) is 13.8. The second-order valence-corrected chi connectivity index (χ2v) is 8.53. The van der Waals surface area contributed by atoms with E-state index >= 15 is 0 Å². The SMILES string of the molecule is CN=C(NCc1ncc(-c2ccccc2)[nH]1)NCC1(Sc2ccccc2)CC1. The lowest BCUT2D eigenvalue weighted by atomic mass is 10.2. The predicted octanol–water partition coefficient (Wildman–Crippen LogP) is 4.07. The highest BCUT2D eigenvalue weighted by molar-refractivity contribution is 8.01. The van der Waals surface area contributed by atoms with Crippen LogP contribution in [0.1, 0.15) is 18.7 Å². The van der Waals surface area contributed by atoms with Crippen LogP contribution in [0.25, 0.3) is 11.3 Å². The summed E-state index contributed by atoms with van der Waals surface area (Å²) in [5, 5.41) is 6.83. The minimum Gasteiger partial charge on any atom is -0.355 e. The summed E-state index contributed by atoms with van der Waals surface area (Å²) in [6.45, 7) is 1.50. The highest BCUT2D eigenvalue weighted by Gasteiger charge is 2.43. The Balaban J connectivity index is 1.28. The highest BCUT2D eigenvalue weighted by Crippen LogP contribution is 2.51. The summed E-state index contributed by atoms with van der Waals surface area (Å²) in [4.78, 5) is 13.5. The fourth-order valence-electron chi connectivity index (χ4n) is 3.04. The van der Waals surface area contributed by atoms with Gasteiger partial charge in [-0.2, -0.15) is 0 Å². The number of benzene rings is 2. The molecule has 4 rings (SSSR count). The van der Waals surface area contributed by atoms with Crippen molar-refractivity contribution in [2.75, 3.05) is 13.6 Å². The molecular formula is C22H25N5S. The maximum absolute atomic E-state index is 4.47. The molecule has 1 aliphatic carbocycles. The van der Waals surface area contributed by atoms with E-state index < -0.39 is 0 Å². The Bertz CT molecular complexity index is 916. The number of nitrogens with one attached hydrogen (secondary N) is 3. The van der Waals surface area contributed by atoms with E-state index in [2.05, 4.69) is 68.1 Å². The molecule has 1 fully saturated rings. The molecule has 1 aromatic heterocycles. The molecule has 3 aromatic rings. The van der Waals surface area contributed by atoms with Gasteiger partial charge in [-0.25, -0.2) is 4.98 Å². The predicted molar refractivity (Wildman–Crippen MR) is 116 cm³/mol. The van der Waals surface area contributed by atoms with Crippen molar-refractivity contribution in [3.63, 3.8) is 0 Å². The van der Waals surface area contributed by atoms with Gasteiger partial charge in [0.05, 0.1) is 18.4 Å². The minimum absolute atomic E-state index is 0.282. The Kier molecular flexibility index (Phi) is 5.67. The largest absolute Gasteiger partial charge is 0.355 e. The summed E-state index contributed by atoms with van der Waals surface area (Å²) in [6, 6.07) is 20.8. The minimum atomic E-state index is 0.282. The van der Waals surface area contributed by atoms with E-state index in [4.69, 9.17) is 0 Å². The average molecular weight is 392 g/mol. The number of imidazole rings is 1. The molecular weight excluding hydrogens is 366 g/mol. The van der Waals surface area contributed by atoms with Gasteiger partial charge in [0.2, 0.25) is 0 Å². The molecule has 3 N–H and O–H groups in total. The quantitative estimate of drug-likeness (QED) is 0.420. The van der Waals surface area contributed by atoms with Crippen LogP contribution in [0.4, 0.5) is 0 Å². The number of rotatable bonds is 7. The molecule has 1 aliphatic rings. The van der Waals surface area contributed by atoms with E-state index in [9.17, 15) is 0 Å². The maximum Gasteiger partial charge on any atom is 0.191 e. The van der Waals surface area contributed by atoms with Crippen LogP contribution in [0, 0.1) is 0 Å². The Hall–Kier alpha value is -2.73. The summed E-state index contributed by atoms with van der Waals surface area (Å²) in [5.41, 5.74) is 2.16. The molecule has 0 bridgehead atoms. The zero-order chi connectivity index (χ0) is 19.2. The lowest BCUT2D eigenvalue weighted by Gasteiger charge is -2.18. The van der Waals surface area contributed by atoms with Gasteiger partial charge in [0.15, 0.2) is 5.96 Å². The second kappa shape index (κ2) is 8.52. The fraction of sp³-hybridized carbons (Fsp3) is 0.273. The van der Waals surface area contributed by atoms with Crippen molar-refractivity contribution in [2.45, 2.75) is 29.0 Å². The molecule has 0 aliphatic heterocycles. The normalized spacial score (nSPS) is 15.2. The first-order valence-electron chi connectivity index (χ1n) is 9.54. The number of guanidine groups is 1. The molecule has 5 nitrogen and oxygen atoms in total. The molecule has 6 heteroatoms. The Morgan fingerprint density at radius 1 is 1.07 bits per heavy atom. The molecule has 0 spiro atoms. The first kappa shape index (κ1) is 18.6. The van der Waals surface area contributed by atoms with E-state index in [1.165, 1.54) is 17.7 Å². The van der Waals surface area contributed by atoms with Gasteiger partial charge in [-0.3, -0.25) is 4.99 Å². The van der Waals surface area contributed by atoms with Gasteiger partial charge in [0.25, 0.3) is 0 Å². The van der Waals surface area contributed by atoms with Crippen molar-refractivity contribution in [1.29, 1.82) is 0 Å². The average Bonchev–Trinajstić information content (AvgIpc) is 3.34. The van der Waals surface area contributed by atoms with E-state index in [0.717, 1.165) is 29.6 Å². The van der Waals surface area contributed by atoms with E-state index in [-0.39, 0.29) is 4.75 Å². The van der Waals surface area contributed by atoms with Crippen LogP contribution in [0.5, 0.6) is 0 Å². The van der Waals surface area contributed by atoms with E-state index in [0.29, 0.717) is 6.54 Å². The van der Waals surface area contributed by atoms with Gasteiger partial charge >= 0.3 is 0 Å². The molecule has 0 amide bonds. The standard InChI is InChI=1S/C22H25N5S/c1-23-21(26-16-22(12-13-22)28-18-10-6-3-7-11-18)25-15-20-24-14-19(27-20)17-8-4-2-5-9-17/h2-11,14H,12-13,15-16H2,1H3,(H,24,27)(H2,23,25,26). The van der Waals surface area contributed by atoms with Crippen LogP contribution in [0.3, 0.4) is 0 Å². The van der Waals surface area contributed by atoms with Crippen molar-refractivity contribution in [1.82, 2.24) is 20.6 Å². The lowest BCUT2D eigenvalue weighted by Crippen LogP contribution is -2.40. The summed E-state index contributed by atoms with van der Waals surface area (Å²) >= 11 is 1.96. The van der Waals surface area contributed by atoms with E-state index in [1.807, 2.05) is 36.2 Å². The van der Waals surface area contributed by atoms with Crippen LogP contribution in [0.15, 0.2) is 76.7 Å². The van der Waals surface area contributed by atoms with Crippen LogP contribution >= 0.6 is 11.8 Å². The fourth-order valence-corrected chi connectivity index (χ4v) is 4.29. The third-order valence-corrected chi connectivity index (χ3v) is 6.32. The summed E-state index contributed by atoms with van der Waals surface area (Å²) in [7, 11) is 1.80. The molecule has 0 atom stereocenters. The topological polar surface area (TPSA) is 65.1 Å². The van der Waals surface area contributed by atoms with Crippen LogP contribution in [-0.2, 0) is 6.54 Å². The maximum atomic E-state index is 4.47. The van der Waals surface area contributed by atoms with Crippen LogP contribution < -0.4 is 10.6 Å². The number of aromatic nitrogens is 2. The van der Waals surface area contributed by atoms with Gasteiger partial charge < -0.3 is 15.6 Å². The van der Waals surface area contributed by atoms with Crippen molar-refractivity contribution >= 4 is 17.7 Å². The van der Waals surface area contributed by atoms with Crippen molar-refractivity contribution < 1.29 is 0 Å². The Morgan fingerprint density at radius 2 is 1.79 bits per heavy atom. The highest BCUT2D eigenvalue weighted by atomic mass is 32.2. The van der Waals surface area contributed by atoms with Gasteiger partial charge in [0, 0.05) is 23.2 Å². The Morgan fingerprint density at radius 3 is 2.46 bits per heavy atom. The van der Waals surface area contributed by atoms with Crippen molar-refractivity contribution in [3.05, 3.63) is 72.7 Å². The molecule has 2 aromatic carbocycles. The Labute approximate surface area is 170 Å². The van der Waals surface area contributed by atoms with Gasteiger partial charge in [-0.15, -0.1) is 11.8 Å². The van der Waals surface area contributed by atoms with Crippen molar-refractivity contribution in [3.8, 4) is 11.3 Å². The zero-order valence-electron chi connectivity index (χ0n) is 16.0. The smallest absolute Gasteiger partial charge is 0.191 e. The van der Waals surface area contributed by atoms with Gasteiger partial charge in [-0.05, 0) is 30.5 Å². The van der Waals surface area contributed by atoms with E-state index in [1.54, 1.807) is 7.05 Å². The zero-order valence-corrected chi connectivity index (χ0v) is 16.8. The monoisotopic (exact) mass is 391 g/mol. The van der Waals surface area contributed by atoms with Gasteiger partial charge in [-0.1, -0.05) is 48.5 Å². The molecule has 144 valence electrons. The third kappa shape index (κ3) is 4.75. The second-order valence-electron chi connectivity index (χ2n) is 6.99. The third-order valence-electron chi connectivity index (χ3n) is 4.82. The summed E-state index contributed by atoms with van der Waals surface area (Å²) < 4.78 is 0.282. The molecule has 0 saturated heterocycles. The van der Waals surface area contributed by atoms with Crippen molar-refractivity contribution in [2.24, 2.45) is 4.99 Å². The molecule has 1 heterocycles.